The Hall–Kier alpha value is -1.54. The van der Waals surface area contributed by atoms with E-state index >= 15 is 0 Å². The van der Waals surface area contributed by atoms with E-state index in [4.69, 9.17) is 9.47 Å². The summed E-state index contributed by atoms with van der Waals surface area (Å²) >= 11 is 3.32. The summed E-state index contributed by atoms with van der Waals surface area (Å²) in [4.78, 5) is 0.0314. The van der Waals surface area contributed by atoms with Crippen molar-refractivity contribution >= 4 is 26.0 Å². The number of aromatic nitrogens is 2. The van der Waals surface area contributed by atoms with Gasteiger partial charge in [-0.15, -0.1) is 0 Å². The van der Waals surface area contributed by atoms with Gasteiger partial charge in [0.1, 0.15) is 16.4 Å². The molecule has 0 saturated carbocycles. The van der Waals surface area contributed by atoms with Gasteiger partial charge < -0.3 is 9.47 Å². The first-order valence-electron chi connectivity index (χ1n) is 6.02. The van der Waals surface area contributed by atoms with Crippen molar-refractivity contribution < 1.29 is 17.9 Å². The molecule has 0 aliphatic carbocycles. The fraction of sp³-hybridized carbons (Fsp3) is 0.308. The van der Waals surface area contributed by atoms with Crippen LogP contribution in [-0.2, 0) is 10.0 Å². The number of rotatable bonds is 4. The summed E-state index contributed by atoms with van der Waals surface area (Å²) in [5.41, 5.74) is 1.11. The van der Waals surface area contributed by atoms with Crippen molar-refractivity contribution in [3.8, 4) is 11.5 Å². The molecule has 8 heteroatoms. The van der Waals surface area contributed by atoms with Crippen molar-refractivity contribution in [3.63, 3.8) is 0 Å². The monoisotopic (exact) mass is 374 g/mol. The Morgan fingerprint density at radius 1 is 1.19 bits per heavy atom. The molecule has 6 nitrogen and oxygen atoms in total. The standard InChI is InChI=1S/C13H15BrN2O4S/c1-8-13(14)9(2)16(15-8)21(17,18)12-6-5-10(19-3)7-11(12)20-4/h5-7H,1-4H3. The predicted octanol–water partition coefficient (Wildman–Crippen LogP) is 2.52. The minimum atomic E-state index is -3.84. The maximum atomic E-state index is 12.8. The second-order valence-corrected chi connectivity index (χ2v) is 6.88. The quantitative estimate of drug-likeness (QED) is 0.821. The number of ether oxygens (including phenoxy) is 2. The molecule has 0 radical (unpaired) electrons. The van der Waals surface area contributed by atoms with Crippen molar-refractivity contribution in [2.24, 2.45) is 0 Å². The van der Waals surface area contributed by atoms with E-state index in [0.29, 0.717) is 21.6 Å². The van der Waals surface area contributed by atoms with Crippen LogP contribution in [0.4, 0.5) is 0 Å². The molecule has 0 saturated heterocycles. The molecule has 0 aliphatic rings. The summed E-state index contributed by atoms with van der Waals surface area (Å²) in [5.74, 6) is 0.721. The highest BCUT2D eigenvalue weighted by Gasteiger charge is 2.26. The molecular weight excluding hydrogens is 360 g/mol. The molecule has 0 aliphatic heterocycles. The number of aryl methyl sites for hydroxylation is 1. The minimum Gasteiger partial charge on any atom is -0.497 e. The van der Waals surface area contributed by atoms with Crippen LogP contribution in [0, 0.1) is 13.8 Å². The third-order valence-electron chi connectivity index (χ3n) is 3.04. The SMILES string of the molecule is COc1ccc(S(=O)(=O)n2nc(C)c(Br)c2C)c(OC)c1. The Morgan fingerprint density at radius 2 is 1.86 bits per heavy atom. The third kappa shape index (κ3) is 2.65. The van der Waals surface area contributed by atoms with Gasteiger partial charge in [-0.3, -0.25) is 0 Å². The van der Waals surface area contributed by atoms with Crippen molar-refractivity contribution in [1.29, 1.82) is 0 Å². The van der Waals surface area contributed by atoms with E-state index in [2.05, 4.69) is 21.0 Å². The molecule has 21 heavy (non-hydrogen) atoms. The summed E-state index contributed by atoms with van der Waals surface area (Å²) in [7, 11) is -0.935. The van der Waals surface area contributed by atoms with Crippen LogP contribution in [0.2, 0.25) is 0 Å². The van der Waals surface area contributed by atoms with Crippen LogP contribution in [0.5, 0.6) is 11.5 Å². The Balaban J connectivity index is 2.66. The highest BCUT2D eigenvalue weighted by atomic mass is 79.9. The van der Waals surface area contributed by atoms with Gasteiger partial charge in [0.2, 0.25) is 0 Å². The number of hydrogen-bond acceptors (Lipinski definition) is 5. The smallest absolute Gasteiger partial charge is 0.286 e. The maximum Gasteiger partial charge on any atom is 0.286 e. The molecule has 2 aromatic rings. The Bertz CT molecular complexity index is 784. The van der Waals surface area contributed by atoms with Crippen LogP contribution in [0.15, 0.2) is 27.6 Å². The van der Waals surface area contributed by atoms with Gasteiger partial charge in [-0.05, 0) is 41.9 Å². The zero-order chi connectivity index (χ0) is 15.8. The number of nitrogens with zero attached hydrogens (tertiary/aromatic N) is 2. The molecule has 1 heterocycles. The van der Waals surface area contributed by atoms with Gasteiger partial charge in [0, 0.05) is 6.07 Å². The molecule has 114 valence electrons. The van der Waals surface area contributed by atoms with Crippen molar-refractivity contribution in [2.75, 3.05) is 14.2 Å². The van der Waals surface area contributed by atoms with Gasteiger partial charge in [0.25, 0.3) is 10.0 Å². The summed E-state index contributed by atoms with van der Waals surface area (Å²) in [6.45, 7) is 3.41. The molecular formula is C13H15BrN2O4S. The molecule has 0 bridgehead atoms. The molecule has 2 rings (SSSR count). The van der Waals surface area contributed by atoms with Gasteiger partial charge in [-0.2, -0.15) is 17.6 Å². The maximum absolute atomic E-state index is 12.8. The molecule has 0 fully saturated rings. The molecule has 0 amide bonds. The van der Waals surface area contributed by atoms with E-state index in [1.54, 1.807) is 19.9 Å². The first-order chi connectivity index (χ1) is 9.82. The van der Waals surface area contributed by atoms with Gasteiger partial charge in [-0.25, -0.2) is 0 Å². The van der Waals surface area contributed by atoms with Crippen LogP contribution < -0.4 is 9.47 Å². The van der Waals surface area contributed by atoms with E-state index in [1.165, 1.54) is 26.4 Å². The van der Waals surface area contributed by atoms with Gasteiger partial charge in [-0.1, -0.05) is 0 Å². The van der Waals surface area contributed by atoms with E-state index in [9.17, 15) is 8.42 Å². The fourth-order valence-corrected chi connectivity index (χ4v) is 3.79. The van der Waals surface area contributed by atoms with Crippen LogP contribution in [0.3, 0.4) is 0 Å². The van der Waals surface area contributed by atoms with Crippen molar-refractivity contribution in [2.45, 2.75) is 18.7 Å². The highest BCUT2D eigenvalue weighted by Crippen LogP contribution is 2.31. The van der Waals surface area contributed by atoms with Gasteiger partial charge in [0.15, 0.2) is 0 Å². The van der Waals surface area contributed by atoms with Crippen LogP contribution >= 0.6 is 15.9 Å². The molecule has 0 atom stereocenters. The normalized spacial score (nSPS) is 11.5. The lowest BCUT2D eigenvalue weighted by atomic mass is 10.3. The summed E-state index contributed by atoms with van der Waals surface area (Å²) in [6.07, 6.45) is 0. The molecule has 0 unspecified atom stereocenters. The van der Waals surface area contributed by atoms with Crippen LogP contribution in [-0.4, -0.2) is 31.8 Å². The van der Waals surface area contributed by atoms with E-state index in [0.717, 1.165) is 4.09 Å². The lowest BCUT2D eigenvalue weighted by Gasteiger charge is -2.12. The Kier molecular flexibility index (Phi) is 4.29. The highest BCUT2D eigenvalue weighted by molar-refractivity contribution is 9.10. The van der Waals surface area contributed by atoms with Crippen molar-refractivity contribution in [1.82, 2.24) is 9.19 Å². The van der Waals surface area contributed by atoms with E-state index in [1.807, 2.05) is 0 Å². The summed E-state index contributed by atoms with van der Waals surface area (Å²) in [5, 5.41) is 4.07. The molecule has 0 N–H and O–H groups in total. The Morgan fingerprint density at radius 3 is 2.33 bits per heavy atom. The minimum absolute atomic E-state index is 0.0314. The second-order valence-electron chi connectivity index (χ2n) is 4.35. The zero-order valence-corrected chi connectivity index (χ0v) is 14.4. The average molecular weight is 375 g/mol. The topological polar surface area (TPSA) is 70.4 Å². The second kappa shape index (κ2) is 5.69. The fourth-order valence-electron chi connectivity index (χ4n) is 1.92. The van der Waals surface area contributed by atoms with Gasteiger partial charge in [0.05, 0.1) is 30.1 Å². The first-order valence-corrected chi connectivity index (χ1v) is 8.25. The number of hydrogen-bond donors (Lipinski definition) is 0. The van der Waals surface area contributed by atoms with E-state index in [-0.39, 0.29) is 10.6 Å². The lowest BCUT2D eigenvalue weighted by molar-refractivity contribution is 0.386. The van der Waals surface area contributed by atoms with Crippen LogP contribution in [0.25, 0.3) is 0 Å². The summed E-state index contributed by atoms with van der Waals surface area (Å²) < 4.78 is 37.4. The molecule has 1 aromatic heterocycles. The summed E-state index contributed by atoms with van der Waals surface area (Å²) in [6, 6.07) is 4.53. The number of methoxy groups -OCH3 is 2. The number of benzene rings is 1. The van der Waals surface area contributed by atoms with Gasteiger partial charge >= 0.3 is 0 Å². The lowest BCUT2D eigenvalue weighted by Crippen LogP contribution is -2.17. The van der Waals surface area contributed by atoms with Crippen LogP contribution in [0.1, 0.15) is 11.4 Å². The largest absolute Gasteiger partial charge is 0.497 e. The Labute approximate surface area is 131 Å². The zero-order valence-electron chi connectivity index (χ0n) is 12.0. The van der Waals surface area contributed by atoms with Crippen molar-refractivity contribution in [3.05, 3.63) is 34.1 Å². The molecule has 0 spiro atoms. The third-order valence-corrected chi connectivity index (χ3v) is 5.89. The van der Waals surface area contributed by atoms with E-state index < -0.39 is 10.0 Å². The molecule has 1 aromatic carbocycles. The predicted molar refractivity (Wildman–Crippen MR) is 81.5 cm³/mol. The average Bonchev–Trinajstić information content (AvgIpc) is 2.74. The first kappa shape index (κ1) is 15.8. The number of halogens is 1.